The van der Waals surface area contributed by atoms with Gasteiger partial charge in [0.05, 0.1) is 8.66 Å². The Morgan fingerprint density at radius 1 is 1.62 bits per heavy atom. The maximum atomic E-state index is 11.5. The molecule has 72 valence electrons. The van der Waals surface area contributed by atoms with Crippen molar-refractivity contribution >= 4 is 44.8 Å². The van der Waals surface area contributed by atoms with E-state index in [1.807, 2.05) is 23.9 Å². The van der Waals surface area contributed by atoms with E-state index >= 15 is 0 Å². The molecule has 1 rings (SSSR count). The van der Waals surface area contributed by atoms with Crippen molar-refractivity contribution < 1.29 is 4.79 Å². The van der Waals surface area contributed by atoms with Gasteiger partial charge in [-0.1, -0.05) is 6.92 Å². The van der Waals surface area contributed by atoms with Gasteiger partial charge in [-0.25, -0.2) is 0 Å². The molecule has 0 fully saturated rings. The minimum atomic E-state index is 0.261. The molecule has 1 nitrogen and oxygen atoms in total. The number of carbonyl (C=O) groups excluding carboxylic acids is 1. The van der Waals surface area contributed by atoms with E-state index in [0.29, 0.717) is 6.42 Å². The second kappa shape index (κ2) is 5.83. The maximum Gasteiger partial charge on any atom is 0.173 e. The number of Topliss-reactive ketones (excluding diaryl/α,β-unsaturated/α-hetero) is 1. The lowest BCUT2D eigenvalue weighted by Gasteiger charge is -1.95. The molecule has 0 spiro atoms. The quantitative estimate of drug-likeness (QED) is 0.601. The van der Waals surface area contributed by atoms with Crippen LogP contribution in [-0.4, -0.2) is 17.3 Å². The van der Waals surface area contributed by atoms with Gasteiger partial charge in [-0.05, 0) is 33.8 Å². The highest BCUT2D eigenvalue weighted by Gasteiger charge is 2.07. The number of thioether (sulfide) groups is 1. The monoisotopic (exact) mass is 278 g/mol. The Balaban J connectivity index is 2.40. The van der Waals surface area contributed by atoms with Gasteiger partial charge in [0, 0.05) is 12.2 Å². The van der Waals surface area contributed by atoms with E-state index in [0.717, 1.165) is 20.2 Å². The first-order chi connectivity index (χ1) is 6.24. The van der Waals surface area contributed by atoms with Crippen molar-refractivity contribution in [2.45, 2.75) is 13.3 Å². The van der Waals surface area contributed by atoms with Crippen molar-refractivity contribution in [2.24, 2.45) is 0 Å². The van der Waals surface area contributed by atoms with E-state index < -0.39 is 0 Å². The first kappa shape index (κ1) is 11.3. The fourth-order valence-electron chi connectivity index (χ4n) is 0.897. The predicted octanol–water partition coefficient (Wildman–Crippen LogP) is 3.84. The van der Waals surface area contributed by atoms with E-state index in [-0.39, 0.29) is 5.78 Å². The second-order valence-corrected chi connectivity index (χ2v) is 6.33. The molecule has 4 heteroatoms. The van der Waals surface area contributed by atoms with Crippen molar-refractivity contribution in [2.75, 3.05) is 11.5 Å². The molecule has 0 aliphatic rings. The fourth-order valence-corrected chi connectivity index (χ4v) is 2.87. The lowest BCUT2D eigenvalue weighted by Crippen LogP contribution is -1.97. The SMILES string of the molecule is CCSCCC(=O)c1ccc(Br)s1. The van der Waals surface area contributed by atoms with Crippen molar-refractivity contribution in [3.05, 3.63) is 20.8 Å². The topological polar surface area (TPSA) is 17.1 Å². The summed E-state index contributed by atoms with van der Waals surface area (Å²) >= 11 is 6.67. The molecule has 0 aromatic carbocycles. The number of thiophene rings is 1. The maximum absolute atomic E-state index is 11.5. The van der Waals surface area contributed by atoms with Crippen LogP contribution in [0.1, 0.15) is 23.0 Å². The molecule has 0 unspecified atom stereocenters. The second-order valence-electron chi connectivity index (χ2n) is 2.47. The van der Waals surface area contributed by atoms with Crippen LogP contribution in [0, 0.1) is 0 Å². The molecule has 0 aliphatic heterocycles. The average molecular weight is 279 g/mol. The molecule has 0 saturated carbocycles. The third-order valence-corrected chi connectivity index (χ3v) is 4.09. The minimum Gasteiger partial charge on any atom is -0.293 e. The molecular formula is C9H11BrOS2. The highest BCUT2D eigenvalue weighted by atomic mass is 79.9. The average Bonchev–Trinajstić information content (AvgIpc) is 2.52. The number of rotatable bonds is 5. The molecule has 0 saturated heterocycles. The third-order valence-electron chi connectivity index (χ3n) is 1.53. The van der Waals surface area contributed by atoms with E-state index in [1.54, 1.807) is 0 Å². The van der Waals surface area contributed by atoms with Crippen LogP contribution in [0.25, 0.3) is 0 Å². The summed E-state index contributed by atoms with van der Waals surface area (Å²) in [6.45, 7) is 2.11. The molecule has 0 radical (unpaired) electrons. The van der Waals surface area contributed by atoms with Crippen molar-refractivity contribution in [3.8, 4) is 0 Å². The molecule has 1 aromatic rings. The molecule has 0 atom stereocenters. The molecule has 1 heterocycles. The normalized spacial score (nSPS) is 10.3. The van der Waals surface area contributed by atoms with Crippen LogP contribution in [0.3, 0.4) is 0 Å². The molecule has 0 aliphatic carbocycles. The number of halogens is 1. The Kier molecular flexibility index (Phi) is 5.06. The number of hydrogen-bond donors (Lipinski definition) is 0. The van der Waals surface area contributed by atoms with Gasteiger partial charge >= 0.3 is 0 Å². The van der Waals surface area contributed by atoms with Crippen LogP contribution in [0.5, 0.6) is 0 Å². The lowest BCUT2D eigenvalue weighted by molar-refractivity contribution is 0.0993. The highest BCUT2D eigenvalue weighted by molar-refractivity contribution is 9.11. The summed E-state index contributed by atoms with van der Waals surface area (Å²) < 4.78 is 1.03. The van der Waals surface area contributed by atoms with E-state index in [1.165, 1.54) is 11.3 Å². The van der Waals surface area contributed by atoms with E-state index in [2.05, 4.69) is 22.9 Å². The predicted molar refractivity (Wildman–Crippen MR) is 64.0 cm³/mol. The summed E-state index contributed by atoms with van der Waals surface area (Å²) in [5, 5.41) is 0. The summed E-state index contributed by atoms with van der Waals surface area (Å²) in [5.41, 5.74) is 0. The molecule has 1 aromatic heterocycles. The smallest absolute Gasteiger partial charge is 0.173 e. The van der Waals surface area contributed by atoms with Crippen LogP contribution in [0.4, 0.5) is 0 Å². The van der Waals surface area contributed by atoms with Gasteiger partial charge in [-0.2, -0.15) is 11.8 Å². The van der Waals surface area contributed by atoms with Crippen LogP contribution in [0.15, 0.2) is 15.9 Å². The van der Waals surface area contributed by atoms with Crippen molar-refractivity contribution in [1.29, 1.82) is 0 Å². The Labute approximate surface area is 95.0 Å². The van der Waals surface area contributed by atoms with Crippen LogP contribution < -0.4 is 0 Å². The molecule has 0 bridgehead atoms. The number of hydrogen-bond acceptors (Lipinski definition) is 3. The molecule has 0 N–H and O–H groups in total. The standard InChI is InChI=1S/C9H11BrOS2/c1-2-12-6-5-7(11)8-3-4-9(10)13-8/h3-4H,2,5-6H2,1H3. The van der Waals surface area contributed by atoms with Gasteiger partial charge in [0.1, 0.15) is 0 Å². The van der Waals surface area contributed by atoms with Gasteiger partial charge in [0.2, 0.25) is 0 Å². The zero-order valence-corrected chi connectivity index (χ0v) is 10.6. The van der Waals surface area contributed by atoms with E-state index in [4.69, 9.17) is 0 Å². The summed E-state index contributed by atoms with van der Waals surface area (Å²) in [4.78, 5) is 12.4. The summed E-state index contributed by atoms with van der Waals surface area (Å²) in [6, 6.07) is 3.80. The van der Waals surface area contributed by atoms with Crippen LogP contribution in [0.2, 0.25) is 0 Å². The van der Waals surface area contributed by atoms with Gasteiger partial charge in [-0.3, -0.25) is 4.79 Å². The summed E-state index contributed by atoms with van der Waals surface area (Å²) in [5.74, 6) is 2.28. The first-order valence-corrected chi connectivity index (χ1v) is 6.86. The molecular weight excluding hydrogens is 268 g/mol. The lowest BCUT2D eigenvalue weighted by atomic mass is 10.3. The largest absolute Gasteiger partial charge is 0.293 e. The van der Waals surface area contributed by atoms with Crippen LogP contribution >= 0.6 is 39.0 Å². The Hall–Kier alpha value is 0.200. The third kappa shape index (κ3) is 3.83. The van der Waals surface area contributed by atoms with Gasteiger partial charge < -0.3 is 0 Å². The first-order valence-electron chi connectivity index (χ1n) is 4.10. The summed E-state index contributed by atoms with van der Waals surface area (Å²) in [6.07, 6.45) is 0.658. The Morgan fingerprint density at radius 2 is 2.38 bits per heavy atom. The van der Waals surface area contributed by atoms with Gasteiger partial charge in [0.25, 0.3) is 0 Å². The van der Waals surface area contributed by atoms with Gasteiger partial charge in [-0.15, -0.1) is 11.3 Å². The van der Waals surface area contributed by atoms with Crippen molar-refractivity contribution in [1.82, 2.24) is 0 Å². The van der Waals surface area contributed by atoms with Gasteiger partial charge in [0.15, 0.2) is 5.78 Å². The Bertz CT molecular complexity index is 283. The zero-order chi connectivity index (χ0) is 9.68. The van der Waals surface area contributed by atoms with Crippen molar-refractivity contribution in [3.63, 3.8) is 0 Å². The Morgan fingerprint density at radius 3 is 2.92 bits per heavy atom. The zero-order valence-electron chi connectivity index (χ0n) is 7.38. The van der Waals surface area contributed by atoms with E-state index in [9.17, 15) is 4.79 Å². The molecule has 13 heavy (non-hydrogen) atoms. The minimum absolute atomic E-state index is 0.261. The fraction of sp³-hybridized carbons (Fsp3) is 0.444. The highest BCUT2D eigenvalue weighted by Crippen LogP contribution is 2.23. The number of ketones is 1. The number of carbonyl (C=O) groups is 1. The van der Waals surface area contributed by atoms with Crippen LogP contribution in [-0.2, 0) is 0 Å². The molecule has 0 amide bonds. The summed E-state index contributed by atoms with van der Waals surface area (Å²) in [7, 11) is 0.